The SMILES string of the molecule is COc1ccc(/C=C2/C(=O)N=C(NC(C)=O)N2C)cc1OC. The first-order chi connectivity index (χ1) is 10.5. The molecule has 0 radical (unpaired) electrons. The second-order valence-electron chi connectivity index (χ2n) is 4.62. The molecule has 116 valence electrons. The minimum absolute atomic E-state index is 0.212. The largest absolute Gasteiger partial charge is 0.493 e. The fourth-order valence-corrected chi connectivity index (χ4v) is 2.01. The lowest BCUT2D eigenvalue weighted by Crippen LogP contribution is -2.37. The number of benzene rings is 1. The van der Waals surface area contributed by atoms with Gasteiger partial charge in [0.25, 0.3) is 5.91 Å². The third kappa shape index (κ3) is 3.08. The Labute approximate surface area is 128 Å². The van der Waals surface area contributed by atoms with Crippen molar-refractivity contribution in [1.82, 2.24) is 10.2 Å². The molecule has 0 aliphatic carbocycles. The van der Waals surface area contributed by atoms with E-state index in [4.69, 9.17) is 9.47 Å². The third-order valence-corrected chi connectivity index (χ3v) is 3.10. The molecule has 1 heterocycles. The molecule has 0 bridgehead atoms. The quantitative estimate of drug-likeness (QED) is 0.843. The van der Waals surface area contributed by atoms with Crippen LogP contribution < -0.4 is 14.8 Å². The number of nitrogens with one attached hydrogen (secondary N) is 1. The smallest absolute Gasteiger partial charge is 0.296 e. The Kier molecular flexibility index (Phi) is 4.45. The average molecular weight is 303 g/mol. The van der Waals surface area contributed by atoms with E-state index in [0.29, 0.717) is 17.2 Å². The van der Waals surface area contributed by atoms with Crippen LogP contribution in [0.25, 0.3) is 6.08 Å². The summed E-state index contributed by atoms with van der Waals surface area (Å²) < 4.78 is 10.4. The van der Waals surface area contributed by atoms with Gasteiger partial charge in [0.1, 0.15) is 5.70 Å². The molecule has 0 saturated carbocycles. The minimum Gasteiger partial charge on any atom is -0.493 e. The number of nitrogens with zero attached hydrogens (tertiary/aromatic N) is 2. The number of ether oxygens (including phenoxy) is 2. The second-order valence-corrected chi connectivity index (χ2v) is 4.62. The molecule has 0 aromatic heterocycles. The monoisotopic (exact) mass is 303 g/mol. The molecule has 1 aliphatic rings. The lowest BCUT2D eigenvalue weighted by atomic mass is 10.1. The standard InChI is InChI=1S/C15H17N3O4/c1-9(19)16-15-17-14(20)11(18(15)2)7-10-5-6-12(21-3)13(8-10)22-4/h5-8H,1-4H3,(H,16,17,19,20)/b11-7-. The van der Waals surface area contributed by atoms with Crippen molar-refractivity contribution in [2.75, 3.05) is 21.3 Å². The molecule has 0 fully saturated rings. The highest BCUT2D eigenvalue weighted by molar-refractivity contribution is 6.15. The zero-order valence-electron chi connectivity index (χ0n) is 12.8. The molecule has 7 heteroatoms. The first-order valence-corrected chi connectivity index (χ1v) is 6.54. The molecule has 0 spiro atoms. The van der Waals surface area contributed by atoms with Crippen LogP contribution in [0.3, 0.4) is 0 Å². The van der Waals surface area contributed by atoms with Crippen LogP contribution >= 0.6 is 0 Å². The Hall–Kier alpha value is -2.83. The Bertz CT molecular complexity index is 679. The van der Waals surface area contributed by atoms with Gasteiger partial charge in [-0.25, -0.2) is 0 Å². The molecule has 0 saturated heterocycles. The summed E-state index contributed by atoms with van der Waals surface area (Å²) in [5.41, 5.74) is 1.11. The highest BCUT2D eigenvalue weighted by Crippen LogP contribution is 2.29. The van der Waals surface area contributed by atoms with Crippen LogP contribution in [0.4, 0.5) is 0 Å². The van der Waals surface area contributed by atoms with Crippen molar-refractivity contribution in [3.8, 4) is 11.5 Å². The summed E-state index contributed by atoms with van der Waals surface area (Å²) in [6.45, 7) is 1.36. The lowest BCUT2D eigenvalue weighted by molar-refractivity contribution is -0.117. The second kappa shape index (κ2) is 6.30. The molecule has 1 aromatic rings. The van der Waals surface area contributed by atoms with Gasteiger partial charge in [0.2, 0.25) is 11.9 Å². The first kappa shape index (κ1) is 15.6. The Balaban J connectivity index is 2.31. The summed E-state index contributed by atoms with van der Waals surface area (Å²) in [4.78, 5) is 28.4. The van der Waals surface area contributed by atoms with E-state index in [-0.39, 0.29) is 11.9 Å². The number of carbonyl (C=O) groups is 2. The molecular formula is C15H17N3O4. The molecule has 2 amide bonds. The molecule has 22 heavy (non-hydrogen) atoms. The zero-order valence-corrected chi connectivity index (χ0v) is 12.8. The number of aliphatic imine (C=N–C) groups is 1. The van der Waals surface area contributed by atoms with Crippen LogP contribution in [-0.4, -0.2) is 43.9 Å². The normalized spacial score (nSPS) is 15.8. The van der Waals surface area contributed by atoms with E-state index < -0.39 is 5.91 Å². The first-order valence-electron chi connectivity index (χ1n) is 6.54. The highest BCUT2D eigenvalue weighted by Gasteiger charge is 2.27. The Morgan fingerprint density at radius 3 is 2.55 bits per heavy atom. The number of methoxy groups -OCH3 is 2. The van der Waals surface area contributed by atoms with Crippen LogP contribution in [0.5, 0.6) is 11.5 Å². The Morgan fingerprint density at radius 1 is 1.27 bits per heavy atom. The predicted octanol–water partition coefficient (Wildman–Crippen LogP) is 1.01. The Morgan fingerprint density at radius 2 is 1.95 bits per heavy atom. The predicted molar refractivity (Wildman–Crippen MR) is 81.5 cm³/mol. The molecular weight excluding hydrogens is 286 g/mol. The van der Waals surface area contributed by atoms with Crippen molar-refractivity contribution >= 4 is 23.8 Å². The van der Waals surface area contributed by atoms with Gasteiger partial charge < -0.3 is 14.4 Å². The number of hydrogen-bond donors (Lipinski definition) is 1. The third-order valence-electron chi connectivity index (χ3n) is 3.10. The van der Waals surface area contributed by atoms with Crippen molar-refractivity contribution in [2.45, 2.75) is 6.92 Å². The maximum absolute atomic E-state index is 12.0. The van der Waals surface area contributed by atoms with Gasteiger partial charge in [-0.2, -0.15) is 4.99 Å². The van der Waals surface area contributed by atoms with Gasteiger partial charge in [-0.3, -0.25) is 14.9 Å². The van der Waals surface area contributed by atoms with E-state index >= 15 is 0 Å². The number of likely N-dealkylation sites (N-methyl/N-ethyl adjacent to an activating group) is 1. The minimum atomic E-state index is -0.416. The zero-order chi connectivity index (χ0) is 16.3. The van der Waals surface area contributed by atoms with Crippen molar-refractivity contribution in [3.63, 3.8) is 0 Å². The number of hydrogen-bond acceptors (Lipinski definition) is 5. The summed E-state index contributed by atoms with van der Waals surface area (Å²) in [5.74, 6) is 0.676. The van der Waals surface area contributed by atoms with E-state index in [0.717, 1.165) is 5.56 Å². The number of carbonyl (C=O) groups excluding carboxylic acids is 2. The maximum Gasteiger partial charge on any atom is 0.296 e. The summed E-state index contributed by atoms with van der Waals surface area (Å²) in [7, 11) is 4.75. The molecule has 1 aromatic carbocycles. The lowest BCUT2D eigenvalue weighted by Gasteiger charge is -2.15. The van der Waals surface area contributed by atoms with E-state index in [1.54, 1.807) is 45.5 Å². The topological polar surface area (TPSA) is 80.2 Å². The number of guanidine groups is 1. The van der Waals surface area contributed by atoms with E-state index in [1.165, 1.54) is 11.8 Å². The van der Waals surface area contributed by atoms with Gasteiger partial charge in [-0.1, -0.05) is 6.07 Å². The van der Waals surface area contributed by atoms with Gasteiger partial charge >= 0.3 is 0 Å². The average Bonchev–Trinajstić information content (AvgIpc) is 2.74. The van der Waals surface area contributed by atoms with Gasteiger partial charge in [-0.05, 0) is 23.8 Å². The van der Waals surface area contributed by atoms with Gasteiger partial charge in [0, 0.05) is 14.0 Å². The summed E-state index contributed by atoms with van der Waals surface area (Å²) in [5, 5.41) is 2.51. The van der Waals surface area contributed by atoms with E-state index in [1.807, 2.05) is 0 Å². The van der Waals surface area contributed by atoms with Crippen molar-refractivity contribution in [3.05, 3.63) is 29.5 Å². The molecule has 0 unspecified atom stereocenters. The van der Waals surface area contributed by atoms with Gasteiger partial charge in [-0.15, -0.1) is 0 Å². The summed E-state index contributed by atoms with van der Waals surface area (Å²) >= 11 is 0. The fourth-order valence-electron chi connectivity index (χ4n) is 2.01. The van der Waals surface area contributed by atoms with E-state index in [2.05, 4.69) is 10.3 Å². The van der Waals surface area contributed by atoms with Crippen LogP contribution in [0.15, 0.2) is 28.9 Å². The highest BCUT2D eigenvalue weighted by atomic mass is 16.5. The van der Waals surface area contributed by atoms with Crippen LogP contribution in [-0.2, 0) is 9.59 Å². The summed E-state index contributed by atoms with van der Waals surface area (Å²) in [6, 6.07) is 5.30. The van der Waals surface area contributed by atoms with Gasteiger partial charge in [0.15, 0.2) is 11.5 Å². The van der Waals surface area contributed by atoms with E-state index in [9.17, 15) is 9.59 Å². The fraction of sp³-hybridized carbons (Fsp3) is 0.267. The van der Waals surface area contributed by atoms with Crippen molar-refractivity contribution < 1.29 is 19.1 Å². The van der Waals surface area contributed by atoms with Crippen molar-refractivity contribution in [1.29, 1.82) is 0 Å². The van der Waals surface area contributed by atoms with Crippen LogP contribution in [0, 0.1) is 0 Å². The molecule has 1 N–H and O–H groups in total. The number of amides is 2. The van der Waals surface area contributed by atoms with Crippen LogP contribution in [0.1, 0.15) is 12.5 Å². The summed E-state index contributed by atoms with van der Waals surface area (Å²) in [6.07, 6.45) is 1.67. The molecule has 1 aliphatic heterocycles. The van der Waals surface area contributed by atoms with Crippen LogP contribution in [0.2, 0.25) is 0 Å². The molecule has 0 atom stereocenters. The van der Waals surface area contributed by atoms with Gasteiger partial charge in [0.05, 0.1) is 14.2 Å². The molecule has 7 nitrogen and oxygen atoms in total. The van der Waals surface area contributed by atoms with Crippen molar-refractivity contribution in [2.24, 2.45) is 4.99 Å². The molecule has 2 rings (SSSR count). The maximum atomic E-state index is 12.0. The number of rotatable bonds is 3.